The number of thiazole rings is 1. The normalized spacial score (nSPS) is 13.1. The van der Waals surface area contributed by atoms with Crippen LogP contribution in [-0.4, -0.2) is 14.5 Å². The number of hydrogen-bond acceptors (Lipinski definition) is 5. The van der Waals surface area contributed by atoms with Crippen LogP contribution in [0.15, 0.2) is 12.3 Å². The molecule has 1 N–H and O–H groups in total. The molecule has 0 aliphatic heterocycles. The molecule has 0 aliphatic rings. The summed E-state index contributed by atoms with van der Waals surface area (Å²) in [5.74, 6) is 0. The van der Waals surface area contributed by atoms with Gasteiger partial charge in [0, 0.05) is 0 Å². The van der Waals surface area contributed by atoms with Crippen LogP contribution < -0.4 is 0 Å². The molecule has 3 nitrogen and oxygen atoms in total. The van der Waals surface area contributed by atoms with Gasteiger partial charge in [0.2, 0.25) is 0 Å². The zero-order valence-electron chi connectivity index (χ0n) is 7.27. The van der Waals surface area contributed by atoms with Crippen LogP contribution in [0.2, 0.25) is 4.34 Å². The van der Waals surface area contributed by atoms with Gasteiger partial charge < -0.3 is 5.11 Å². The van der Waals surface area contributed by atoms with Crippen LogP contribution in [0.1, 0.15) is 21.7 Å². The number of aromatic nitrogens is 2. The predicted octanol–water partition coefficient (Wildman–Crippen LogP) is 2.64. The van der Waals surface area contributed by atoms with Crippen LogP contribution in [0.3, 0.4) is 0 Å². The van der Waals surface area contributed by atoms with Crippen LogP contribution in [0.4, 0.5) is 0 Å². The molecular formula is C8H7ClN2OS2. The fourth-order valence-corrected chi connectivity index (χ4v) is 2.77. The third kappa shape index (κ3) is 1.95. The lowest BCUT2D eigenvalue weighted by Gasteiger charge is -2.01. The SMILES string of the molecule is Cc1cc(C(O)c2ncc(Cl)s2)sn1. The lowest BCUT2D eigenvalue weighted by atomic mass is 10.3. The minimum absolute atomic E-state index is 0.584. The standard InChI is InChI=1S/C8H7ClN2OS2/c1-4-2-5(14-11-4)7(12)8-10-3-6(9)13-8/h2-3,7,12H,1H3. The van der Waals surface area contributed by atoms with E-state index in [4.69, 9.17) is 11.6 Å². The molecule has 14 heavy (non-hydrogen) atoms. The number of rotatable bonds is 2. The molecule has 0 fully saturated rings. The van der Waals surface area contributed by atoms with Crippen molar-refractivity contribution >= 4 is 34.5 Å². The van der Waals surface area contributed by atoms with Gasteiger partial charge in [-0.2, -0.15) is 4.37 Å². The van der Waals surface area contributed by atoms with Gasteiger partial charge >= 0.3 is 0 Å². The first-order valence-corrected chi connectivity index (χ1v) is 5.86. The molecule has 1 atom stereocenters. The lowest BCUT2D eigenvalue weighted by molar-refractivity contribution is 0.223. The fourth-order valence-electron chi connectivity index (χ4n) is 1.03. The van der Waals surface area contributed by atoms with Gasteiger partial charge in [0.1, 0.15) is 15.4 Å². The molecule has 0 saturated carbocycles. The fraction of sp³-hybridized carbons (Fsp3) is 0.250. The van der Waals surface area contributed by atoms with Crippen molar-refractivity contribution in [2.75, 3.05) is 0 Å². The first-order valence-electron chi connectivity index (χ1n) is 3.89. The Morgan fingerprint density at radius 2 is 2.36 bits per heavy atom. The Morgan fingerprint density at radius 1 is 1.57 bits per heavy atom. The summed E-state index contributed by atoms with van der Waals surface area (Å²) in [7, 11) is 0. The zero-order valence-corrected chi connectivity index (χ0v) is 9.66. The Hall–Kier alpha value is -0.490. The molecule has 0 aliphatic carbocycles. The van der Waals surface area contributed by atoms with Gasteiger partial charge in [-0.3, -0.25) is 0 Å². The van der Waals surface area contributed by atoms with E-state index in [9.17, 15) is 5.11 Å². The second kappa shape index (κ2) is 3.94. The van der Waals surface area contributed by atoms with E-state index in [1.807, 2.05) is 13.0 Å². The molecule has 0 saturated heterocycles. The van der Waals surface area contributed by atoms with E-state index in [0.29, 0.717) is 9.34 Å². The Balaban J connectivity index is 2.28. The second-order valence-corrected chi connectivity index (χ2v) is 5.31. The van der Waals surface area contributed by atoms with Gasteiger partial charge in [-0.1, -0.05) is 11.6 Å². The third-order valence-corrected chi connectivity index (χ3v) is 3.74. The molecule has 74 valence electrons. The van der Waals surface area contributed by atoms with Gasteiger partial charge in [-0.15, -0.1) is 11.3 Å². The molecule has 2 rings (SSSR count). The van der Waals surface area contributed by atoms with E-state index in [0.717, 1.165) is 10.6 Å². The Morgan fingerprint density at radius 3 is 2.86 bits per heavy atom. The lowest BCUT2D eigenvalue weighted by Crippen LogP contribution is -1.95. The zero-order chi connectivity index (χ0) is 10.1. The van der Waals surface area contributed by atoms with Crippen molar-refractivity contribution < 1.29 is 5.11 Å². The molecule has 0 radical (unpaired) electrons. The highest BCUT2D eigenvalue weighted by Gasteiger charge is 2.16. The third-order valence-electron chi connectivity index (χ3n) is 1.64. The maximum absolute atomic E-state index is 9.88. The van der Waals surface area contributed by atoms with Crippen molar-refractivity contribution in [1.82, 2.24) is 9.36 Å². The number of halogens is 1. The maximum atomic E-state index is 9.88. The van der Waals surface area contributed by atoms with Gasteiger partial charge in [0.15, 0.2) is 0 Å². The summed E-state index contributed by atoms with van der Waals surface area (Å²) in [6.07, 6.45) is 0.845. The van der Waals surface area contributed by atoms with Crippen LogP contribution in [-0.2, 0) is 0 Å². The van der Waals surface area contributed by atoms with Gasteiger partial charge in [0.05, 0.1) is 16.8 Å². The maximum Gasteiger partial charge on any atom is 0.141 e. The molecule has 2 heterocycles. The number of aliphatic hydroxyl groups is 1. The molecule has 0 bridgehead atoms. The number of aryl methyl sites for hydroxylation is 1. The summed E-state index contributed by atoms with van der Waals surface area (Å²) in [4.78, 5) is 4.82. The second-order valence-electron chi connectivity index (χ2n) is 2.78. The molecule has 6 heteroatoms. The largest absolute Gasteiger partial charge is 0.380 e. The predicted molar refractivity (Wildman–Crippen MR) is 58.0 cm³/mol. The Bertz CT molecular complexity index is 400. The average Bonchev–Trinajstić information content (AvgIpc) is 2.73. The van der Waals surface area contributed by atoms with Crippen molar-refractivity contribution in [3.8, 4) is 0 Å². The Kier molecular flexibility index (Phi) is 2.83. The number of hydrogen-bond donors (Lipinski definition) is 1. The average molecular weight is 247 g/mol. The smallest absolute Gasteiger partial charge is 0.141 e. The highest BCUT2D eigenvalue weighted by atomic mass is 35.5. The number of nitrogens with zero attached hydrogens (tertiary/aromatic N) is 2. The first kappa shape index (κ1) is 10.0. The van der Waals surface area contributed by atoms with Crippen molar-refractivity contribution in [1.29, 1.82) is 0 Å². The quantitative estimate of drug-likeness (QED) is 0.886. The van der Waals surface area contributed by atoms with Gasteiger partial charge in [0.25, 0.3) is 0 Å². The van der Waals surface area contributed by atoms with Crippen molar-refractivity contribution in [2.45, 2.75) is 13.0 Å². The van der Waals surface area contributed by atoms with E-state index in [2.05, 4.69) is 9.36 Å². The van der Waals surface area contributed by atoms with Gasteiger partial charge in [-0.05, 0) is 24.5 Å². The summed E-state index contributed by atoms with van der Waals surface area (Å²) in [6.45, 7) is 1.89. The van der Waals surface area contributed by atoms with Crippen molar-refractivity contribution in [3.05, 3.63) is 32.2 Å². The molecule has 0 aromatic carbocycles. The molecule has 0 spiro atoms. The van der Waals surface area contributed by atoms with Crippen molar-refractivity contribution in [2.24, 2.45) is 0 Å². The highest BCUT2D eigenvalue weighted by molar-refractivity contribution is 7.16. The summed E-state index contributed by atoms with van der Waals surface area (Å²) < 4.78 is 4.68. The van der Waals surface area contributed by atoms with Gasteiger partial charge in [-0.25, -0.2) is 4.98 Å². The summed E-state index contributed by atoms with van der Waals surface area (Å²) in [5.41, 5.74) is 0.909. The first-order chi connectivity index (χ1) is 6.66. The monoisotopic (exact) mass is 246 g/mol. The summed E-state index contributed by atoms with van der Waals surface area (Å²) >= 11 is 8.30. The Labute approximate surface area is 94.2 Å². The highest BCUT2D eigenvalue weighted by Crippen LogP contribution is 2.30. The topological polar surface area (TPSA) is 46.0 Å². The van der Waals surface area contributed by atoms with E-state index in [-0.39, 0.29) is 0 Å². The summed E-state index contributed by atoms with van der Waals surface area (Å²) in [6, 6.07) is 1.85. The van der Waals surface area contributed by atoms with E-state index in [1.54, 1.807) is 6.20 Å². The molecule has 1 unspecified atom stereocenters. The molecule has 2 aromatic heterocycles. The van der Waals surface area contributed by atoms with Crippen LogP contribution in [0.25, 0.3) is 0 Å². The van der Waals surface area contributed by atoms with E-state index >= 15 is 0 Å². The van der Waals surface area contributed by atoms with Crippen molar-refractivity contribution in [3.63, 3.8) is 0 Å². The molecule has 0 amide bonds. The summed E-state index contributed by atoms with van der Waals surface area (Å²) in [5, 5.41) is 10.5. The van der Waals surface area contributed by atoms with Crippen LogP contribution in [0, 0.1) is 6.92 Å². The molecule has 2 aromatic rings. The minimum atomic E-state index is -0.696. The minimum Gasteiger partial charge on any atom is -0.380 e. The molecular weight excluding hydrogens is 240 g/mol. The van der Waals surface area contributed by atoms with Crippen LogP contribution >= 0.6 is 34.5 Å². The van der Waals surface area contributed by atoms with Crippen LogP contribution in [0.5, 0.6) is 0 Å². The van der Waals surface area contributed by atoms with E-state index < -0.39 is 6.10 Å². The van der Waals surface area contributed by atoms with E-state index in [1.165, 1.54) is 22.9 Å². The number of aliphatic hydroxyl groups excluding tert-OH is 1.